The molecule has 1 unspecified atom stereocenters. The fraction of sp³-hybridized carbons (Fsp3) is 0.280. The van der Waals surface area contributed by atoms with Crippen LogP contribution in [0.5, 0.6) is 0 Å². The normalized spacial score (nSPS) is 18.8. The van der Waals surface area contributed by atoms with E-state index in [1.54, 1.807) is 11.3 Å². The minimum Gasteiger partial charge on any atom is -0.352 e. The van der Waals surface area contributed by atoms with E-state index in [0.29, 0.717) is 23.1 Å². The summed E-state index contributed by atoms with van der Waals surface area (Å²) in [6, 6.07) is 10.2. The molecule has 0 aliphatic carbocycles. The fourth-order valence-electron chi connectivity index (χ4n) is 5.33. The zero-order valence-electron chi connectivity index (χ0n) is 17.8. The highest BCUT2D eigenvalue weighted by Crippen LogP contribution is 2.40. The number of amides is 2. The summed E-state index contributed by atoms with van der Waals surface area (Å²) in [6.07, 6.45) is 6.21. The van der Waals surface area contributed by atoms with Crippen LogP contribution < -0.4 is 10.6 Å². The number of aromatic nitrogens is 2. The van der Waals surface area contributed by atoms with Crippen LogP contribution in [0.1, 0.15) is 36.8 Å². The van der Waals surface area contributed by atoms with Crippen LogP contribution in [-0.2, 0) is 9.59 Å². The van der Waals surface area contributed by atoms with Crippen molar-refractivity contribution in [3.63, 3.8) is 0 Å². The Kier molecular flexibility index (Phi) is 4.55. The zero-order valence-corrected chi connectivity index (χ0v) is 18.6. The third kappa shape index (κ3) is 2.88. The topological polar surface area (TPSA) is 78.9 Å². The van der Waals surface area contributed by atoms with Gasteiger partial charge in [0.25, 0.3) is 11.8 Å². The molecule has 2 aliphatic heterocycles. The maximum absolute atomic E-state index is 13.1. The van der Waals surface area contributed by atoms with Crippen LogP contribution in [0.25, 0.3) is 32.4 Å². The highest BCUT2D eigenvalue weighted by atomic mass is 32.1. The highest BCUT2D eigenvalue weighted by Gasteiger charge is 2.35. The number of aromatic amines is 1. The fourth-order valence-corrected chi connectivity index (χ4v) is 6.11. The molecule has 32 heavy (non-hydrogen) atoms. The second kappa shape index (κ2) is 7.46. The lowest BCUT2D eigenvalue weighted by Gasteiger charge is -2.28. The number of carbonyl (C=O) groups excluding carboxylic acids is 2. The highest BCUT2D eigenvalue weighted by molar-refractivity contribution is 7.16. The van der Waals surface area contributed by atoms with Gasteiger partial charge in [-0.25, -0.2) is 0 Å². The predicted octanol–water partition coefficient (Wildman–Crippen LogP) is 4.31. The Labute approximate surface area is 189 Å². The number of fused-ring (bicyclic) bond motifs is 2. The van der Waals surface area contributed by atoms with Crippen molar-refractivity contribution in [1.82, 2.24) is 20.2 Å². The molecular formula is C25H24N4O2S. The third-order valence-corrected chi connectivity index (χ3v) is 7.89. The van der Waals surface area contributed by atoms with E-state index in [0.717, 1.165) is 52.6 Å². The molecule has 0 saturated carbocycles. The molecule has 2 aliphatic rings. The number of hydrogen-bond donors (Lipinski definition) is 3. The van der Waals surface area contributed by atoms with Gasteiger partial charge in [0.15, 0.2) is 0 Å². The van der Waals surface area contributed by atoms with Gasteiger partial charge in [0.2, 0.25) is 0 Å². The van der Waals surface area contributed by atoms with Crippen molar-refractivity contribution >= 4 is 55.5 Å². The number of nitrogens with one attached hydrogen (secondary N) is 3. The van der Waals surface area contributed by atoms with E-state index in [1.165, 1.54) is 5.56 Å². The molecule has 0 spiro atoms. The van der Waals surface area contributed by atoms with Crippen molar-refractivity contribution in [3.05, 3.63) is 59.2 Å². The minimum atomic E-state index is -0.351. The number of piperidine rings is 1. The van der Waals surface area contributed by atoms with Gasteiger partial charge in [-0.15, -0.1) is 11.3 Å². The van der Waals surface area contributed by atoms with E-state index in [2.05, 4.69) is 34.8 Å². The van der Waals surface area contributed by atoms with Gasteiger partial charge in [-0.05, 0) is 60.8 Å². The first kappa shape index (κ1) is 19.5. The summed E-state index contributed by atoms with van der Waals surface area (Å²) in [5.74, 6) is 0.264. The van der Waals surface area contributed by atoms with Crippen molar-refractivity contribution < 1.29 is 9.59 Å². The number of imide groups is 1. The molecule has 5 heterocycles. The SMILES string of the molecule is CC(c1cn(C2=C(c3c[nH]c4sccc34)C(=O)NC2=O)c2ccccc12)C1CCNCC1. The van der Waals surface area contributed by atoms with Crippen molar-refractivity contribution in [1.29, 1.82) is 0 Å². The minimum absolute atomic E-state index is 0.345. The van der Waals surface area contributed by atoms with E-state index in [1.807, 2.05) is 40.4 Å². The summed E-state index contributed by atoms with van der Waals surface area (Å²) in [5.41, 5.74) is 3.80. The Balaban J connectivity index is 1.57. The number of carbonyl (C=O) groups is 2. The Morgan fingerprint density at radius 1 is 1.06 bits per heavy atom. The molecule has 3 aromatic heterocycles. The molecule has 0 bridgehead atoms. The predicted molar refractivity (Wildman–Crippen MR) is 128 cm³/mol. The largest absolute Gasteiger partial charge is 0.352 e. The van der Waals surface area contributed by atoms with Gasteiger partial charge in [0.05, 0.1) is 11.1 Å². The lowest BCUT2D eigenvalue weighted by molar-refractivity contribution is -0.122. The second-order valence-electron chi connectivity index (χ2n) is 8.72. The molecule has 1 saturated heterocycles. The van der Waals surface area contributed by atoms with Crippen molar-refractivity contribution in [2.45, 2.75) is 25.7 Å². The molecule has 6 rings (SSSR count). The first-order valence-electron chi connectivity index (χ1n) is 11.1. The van der Waals surface area contributed by atoms with E-state index in [9.17, 15) is 9.59 Å². The second-order valence-corrected chi connectivity index (χ2v) is 9.64. The quantitative estimate of drug-likeness (QED) is 0.411. The van der Waals surface area contributed by atoms with Crippen molar-refractivity contribution in [2.75, 3.05) is 13.1 Å². The number of H-pyrrole nitrogens is 1. The Morgan fingerprint density at radius 2 is 1.88 bits per heavy atom. The molecule has 1 aromatic carbocycles. The molecule has 162 valence electrons. The number of nitrogens with zero attached hydrogens (tertiary/aromatic N) is 1. The van der Waals surface area contributed by atoms with Gasteiger partial charge in [0, 0.05) is 28.7 Å². The standard InChI is InChI=1S/C25H24N4O2S/c1-14(15-6-9-26-10-7-15)19-13-29(20-5-3-2-4-16(19)20)22-21(23(30)28-24(22)31)18-12-27-25-17(18)8-11-32-25/h2-5,8,11-15,26-27H,6-7,9-10H2,1H3,(H,28,30,31). The average molecular weight is 445 g/mol. The van der Waals surface area contributed by atoms with Gasteiger partial charge >= 0.3 is 0 Å². The van der Waals surface area contributed by atoms with Crippen LogP contribution >= 0.6 is 11.3 Å². The monoisotopic (exact) mass is 444 g/mol. The van der Waals surface area contributed by atoms with Gasteiger partial charge in [-0.1, -0.05) is 25.1 Å². The molecule has 3 N–H and O–H groups in total. The van der Waals surface area contributed by atoms with Crippen LogP contribution in [0.3, 0.4) is 0 Å². The van der Waals surface area contributed by atoms with E-state index in [4.69, 9.17) is 0 Å². The van der Waals surface area contributed by atoms with Gasteiger partial charge in [-0.3, -0.25) is 14.9 Å². The molecule has 6 nitrogen and oxygen atoms in total. The van der Waals surface area contributed by atoms with Gasteiger partial charge in [-0.2, -0.15) is 0 Å². The Bertz CT molecular complexity index is 1400. The summed E-state index contributed by atoms with van der Waals surface area (Å²) >= 11 is 1.59. The number of thiophene rings is 1. The lowest BCUT2D eigenvalue weighted by atomic mass is 9.82. The summed E-state index contributed by atoms with van der Waals surface area (Å²) in [7, 11) is 0. The molecule has 1 atom stereocenters. The number of para-hydroxylation sites is 1. The molecular weight excluding hydrogens is 420 g/mol. The zero-order chi connectivity index (χ0) is 21.8. The van der Waals surface area contributed by atoms with Crippen LogP contribution in [0.2, 0.25) is 0 Å². The first-order chi connectivity index (χ1) is 15.6. The molecule has 2 amide bonds. The molecule has 1 fully saturated rings. The Morgan fingerprint density at radius 3 is 2.72 bits per heavy atom. The smallest absolute Gasteiger partial charge is 0.275 e. The number of benzene rings is 1. The lowest BCUT2D eigenvalue weighted by Crippen LogP contribution is -2.30. The Hall–Kier alpha value is -3.16. The van der Waals surface area contributed by atoms with E-state index in [-0.39, 0.29) is 11.8 Å². The number of hydrogen-bond acceptors (Lipinski definition) is 4. The molecule has 0 radical (unpaired) electrons. The average Bonchev–Trinajstić information content (AvgIpc) is 3.56. The molecule has 4 aromatic rings. The summed E-state index contributed by atoms with van der Waals surface area (Å²) in [6.45, 7) is 4.38. The van der Waals surface area contributed by atoms with E-state index < -0.39 is 0 Å². The van der Waals surface area contributed by atoms with Crippen LogP contribution in [0.15, 0.2) is 48.1 Å². The van der Waals surface area contributed by atoms with Crippen molar-refractivity contribution in [2.24, 2.45) is 5.92 Å². The van der Waals surface area contributed by atoms with Crippen LogP contribution in [0.4, 0.5) is 0 Å². The van der Waals surface area contributed by atoms with Gasteiger partial charge < -0.3 is 14.9 Å². The van der Waals surface area contributed by atoms with Crippen molar-refractivity contribution in [3.8, 4) is 0 Å². The van der Waals surface area contributed by atoms with E-state index >= 15 is 0 Å². The maximum atomic E-state index is 13.1. The summed E-state index contributed by atoms with van der Waals surface area (Å²) < 4.78 is 1.93. The van der Waals surface area contributed by atoms with Gasteiger partial charge in [0.1, 0.15) is 10.5 Å². The van der Waals surface area contributed by atoms with Crippen LogP contribution in [-0.4, -0.2) is 34.5 Å². The first-order valence-corrected chi connectivity index (χ1v) is 12.0. The maximum Gasteiger partial charge on any atom is 0.275 e. The summed E-state index contributed by atoms with van der Waals surface area (Å²) in [5, 5.41) is 10.1. The third-order valence-electron chi connectivity index (χ3n) is 7.04. The number of rotatable bonds is 4. The molecule has 7 heteroatoms. The summed E-state index contributed by atoms with van der Waals surface area (Å²) in [4.78, 5) is 30.2. The van der Waals surface area contributed by atoms with Crippen LogP contribution in [0, 0.1) is 5.92 Å².